The van der Waals surface area contributed by atoms with E-state index in [1.165, 1.54) is 16.0 Å². The molecule has 1 N–H and O–H groups in total. The molecule has 8 heteroatoms. The first-order valence-electron chi connectivity index (χ1n) is 9.21. The number of amides is 1. The highest BCUT2D eigenvalue weighted by Crippen LogP contribution is 2.23. The van der Waals surface area contributed by atoms with Gasteiger partial charge < -0.3 is 0 Å². The normalized spacial score (nSPS) is 11.1. The van der Waals surface area contributed by atoms with Gasteiger partial charge in [-0.2, -0.15) is 5.10 Å². The van der Waals surface area contributed by atoms with Crippen LogP contribution in [0.2, 0.25) is 0 Å². The van der Waals surface area contributed by atoms with Crippen LogP contribution in [0.1, 0.15) is 40.8 Å². The number of nitrogens with one attached hydrogen (secondary N) is 1. The van der Waals surface area contributed by atoms with Crippen LogP contribution in [-0.2, 0) is 6.54 Å². The van der Waals surface area contributed by atoms with Crippen LogP contribution in [0.4, 0.5) is 5.13 Å². The van der Waals surface area contributed by atoms with Gasteiger partial charge in [-0.15, -0.1) is 10.2 Å². The van der Waals surface area contributed by atoms with Gasteiger partial charge in [-0.25, -0.2) is 4.68 Å². The van der Waals surface area contributed by atoms with Gasteiger partial charge in [-0.3, -0.25) is 14.9 Å². The third-order valence-electron chi connectivity index (χ3n) is 4.41. The van der Waals surface area contributed by atoms with Crippen LogP contribution >= 0.6 is 11.3 Å². The number of carbonyl (C=O) groups is 1. The summed E-state index contributed by atoms with van der Waals surface area (Å²) in [7, 11) is 0. The highest BCUT2D eigenvalue weighted by Gasteiger charge is 2.19. The molecule has 1 amide bonds. The van der Waals surface area contributed by atoms with Crippen LogP contribution < -0.4 is 10.9 Å². The van der Waals surface area contributed by atoms with Gasteiger partial charge in [-0.1, -0.05) is 73.7 Å². The van der Waals surface area contributed by atoms with E-state index >= 15 is 0 Å². The molecule has 0 fully saturated rings. The summed E-state index contributed by atoms with van der Waals surface area (Å²) >= 11 is 1.33. The number of anilines is 1. The second-order valence-electron chi connectivity index (χ2n) is 6.90. The fraction of sp³-hybridized carbons (Fsp3) is 0.190. The van der Waals surface area contributed by atoms with E-state index < -0.39 is 5.91 Å². The van der Waals surface area contributed by atoms with Gasteiger partial charge in [0.05, 0.1) is 11.9 Å². The minimum atomic E-state index is -0.422. The van der Waals surface area contributed by atoms with Gasteiger partial charge in [0.25, 0.3) is 11.5 Å². The lowest BCUT2D eigenvalue weighted by Gasteiger charge is -2.10. The summed E-state index contributed by atoms with van der Waals surface area (Å²) in [4.78, 5) is 25.9. The Morgan fingerprint density at radius 3 is 2.41 bits per heavy atom. The molecule has 0 unspecified atom stereocenters. The molecule has 2 aromatic carbocycles. The molecule has 4 aromatic rings. The first-order valence-corrected chi connectivity index (χ1v) is 10.0. The molecular weight excluding hydrogens is 386 g/mol. The molecular formula is C21H19N5O2S. The molecule has 0 bridgehead atoms. The van der Waals surface area contributed by atoms with Crippen molar-refractivity contribution in [1.82, 2.24) is 20.0 Å². The zero-order chi connectivity index (χ0) is 20.4. The molecule has 0 saturated heterocycles. The number of hydrogen-bond donors (Lipinski definition) is 1. The highest BCUT2D eigenvalue weighted by atomic mass is 32.1. The van der Waals surface area contributed by atoms with Crippen LogP contribution in [0.25, 0.3) is 10.8 Å². The number of benzene rings is 2. The number of aromatic nitrogens is 4. The second kappa shape index (κ2) is 7.92. The molecule has 0 aliphatic rings. The summed E-state index contributed by atoms with van der Waals surface area (Å²) in [6, 6.07) is 16.5. The van der Waals surface area contributed by atoms with Gasteiger partial charge in [0.1, 0.15) is 5.01 Å². The molecule has 0 saturated carbocycles. The maximum absolute atomic E-state index is 13.0. The quantitative estimate of drug-likeness (QED) is 0.547. The van der Waals surface area contributed by atoms with E-state index in [0.29, 0.717) is 15.9 Å². The SMILES string of the molecule is CC(C)c1nnc(NC(=O)c2nn(Cc3ccccc3)c(=O)c3ccccc23)s1. The monoisotopic (exact) mass is 405 g/mol. The third kappa shape index (κ3) is 3.93. The van der Waals surface area contributed by atoms with Crippen molar-refractivity contribution in [3.8, 4) is 0 Å². The molecule has 4 rings (SSSR count). The molecule has 146 valence electrons. The van der Waals surface area contributed by atoms with Gasteiger partial charge in [0.15, 0.2) is 5.69 Å². The average Bonchev–Trinajstić information content (AvgIpc) is 3.20. The maximum Gasteiger partial charge on any atom is 0.278 e. The lowest BCUT2D eigenvalue weighted by atomic mass is 10.1. The zero-order valence-electron chi connectivity index (χ0n) is 16.0. The molecule has 7 nitrogen and oxygen atoms in total. The van der Waals surface area contributed by atoms with E-state index in [-0.39, 0.29) is 23.7 Å². The number of carbonyl (C=O) groups excluding carboxylic acids is 1. The van der Waals surface area contributed by atoms with E-state index in [1.54, 1.807) is 24.3 Å². The summed E-state index contributed by atoms with van der Waals surface area (Å²) in [5.74, 6) is -0.195. The fourth-order valence-corrected chi connectivity index (χ4v) is 3.68. The molecule has 0 radical (unpaired) electrons. The number of hydrogen-bond acceptors (Lipinski definition) is 6. The van der Waals surface area contributed by atoms with Crippen molar-refractivity contribution >= 4 is 33.1 Å². The Bertz CT molecular complexity index is 1230. The topological polar surface area (TPSA) is 89.8 Å². The highest BCUT2D eigenvalue weighted by molar-refractivity contribution is 7.15. The zero-order valence-corrected chi connectivity index (χ0v) is 16.8. The van der Waals surface area contributed by atoms with Crippen molar-refractivity contribution in [2.45, 2.75) is 26.3 Å². The van der Waals surface area contributed by atoms with Crippen molar-refractivity contribution in [2.75, 3.05) is 5.32 Å². The minimum absolute atomic E-state index is 0.178. The number of rotatable bonds is 5. The van der Waals surface area contributed by atoms with Gasteiger partial charge in [0, 0.05) is 11.3 Å². The first-order chi connectivity index (χ1) is 14.0. The second-order valence-corrected chi connectivity index (χ2v) is 7.91. The van der Waals surface area contributed by atoms with Gasteiger partial charge in [0.2, 0.25) is 5.13 Å². The standard InChI is InChI=1S/C21H19N5O2S/c1-13(2)19-23-24-21(29-19)22-18(27)17-15-10-6-7-11-16(15)20(28)26(25-17)12-14-8-4-3-5-9-14/h3-11,13H,12H2,1-2H3,(H,22,24,27). The van der Waals surface area contributed by atoms with Crippen molar-refractivity contribution in [1.29, 1.82) is 0 Å². The average molecular weight is 405 g/mol. The van der Waals surface area contributed by atoms with E-state index in [9.17, 15) is 9.59 Å². The van der Waals surface area contributed by atoms with Crippen LogP contribution in [0.3, 0.4) is 0 Å². The first kappa shape index (κ1) is 18.9. The predicted molar refractivity (Wildman–Crippen MR) is 113 cm³/mol. The summed E-state index contributed by atoms with van der Waals surface area (Å²) in [6.07, 6.45) is 0. The van der Waals surface area contributed by atoms with Crippen LogP contribution in [0.5, 0.6) is 0 Å². The Hall–Kier alpha value is -3.39. The molecule has 0 aliphatic carbocycles. The van der Waals surface area contributed by atoms with Crippen molar-refractivity contribution in [3.63, 3.8) is 0 Å². The Balaban J connectivity index is 1.75. The molecule has 29 heavy (non-hydrogen) atoms. The van der Waals surface area contributed by atoms with Gasteiger partial charge in [-0.05, 0) is 11.6 Å². The Morgan fingerprint density at radius 2 is 1.72 bits per heavy atom. The molecule has 0 atom stereocenters. The largest absolute Gasteiger partial charge is 0.295 e. The summed E-state index contributed by atoms with van der Waals surface area (Å²) in [5.41, 5.74) is 0.867. The molecule has 0 spiro atoms. The predicted octanol–water partition coefficient (Wildman–Crippen LogP) is 3.67. The van der Waals surface area contributed by atoms with Crippen molar-refractivity contribution < 1.29 is 4.79 Å². The fourth-order valence-electron chi connectivity index (χ4n) is 2.94. The van der Waals surface area contributed by atoms with Crippen molar-refractivity contribution in [3.05, 3.63) is 81.2 Å². The van der Waals surface area contributed by atoms with E-state index in [2.05, 4.69) is 20.6 Å². The number of nitrogens with zero attached hydrogens (tertiary/aromatic N) is 4. The summed E-state index contributed by atoms with van der Waals surface area (Å²) < 4.78 is 1.33. The van der Waals surface area contributed by atoms with Crippen molar-refractivity contribution in [2.24, 2.45) is 0 Å². The smallest absolute Gasteiger partial charge is 0.278 e. The Kier molecular flexibility index (Phi) is 5.18. The third-order valence-corrected chi connectivity index (χ3v) is 5.55. The van der Waals surface area contributed by atoms with E-state index in [1.807, 2.05) is 44.2 Å². The lowest BCUT2D eigenvalue weighted by Crippen LogP contribution is -2.28. The molecule has 2 aromatic heterocycles. The van der Waals surface area contributed by atoms with E-state index in [0.717, 1.165) is 10.6 Å². The van der Waals surface area contributed by atoms with Crippen LogP contribution in [0, 0.1) is 0 Å². The Morgan fingerprint density at radius 1 is 1.03 bits per heavy atom. The lowest BCUT2D eigenvalue weighted by molar-refractivity contribution is 0.102. The number of fused-ring (bicyclic) bond motifs is 1. The molecule has 0 aliphatic heterocycles. The summed E-state index contributed by atoms with van der Waals surface area (Å²) in [5, 5.41) is 17.5. The Labute approximate surface area is 171 Å². The van der Waals surface area contributed by atoms with E-state index in [4.69, 9.17) is 0 Å². The minimum Gasteiger partial charge on any atom is -0.295 e. The van der Waals surface area contributed by atoms with Crippen LogP contribution in [-0.4, -0.2) is 25.9 Å². The van der Waals surface area contributed by atoms with Crippen LogP contribution in [0.15, 0.2) is 59.4 Å². The summed E-state index contributed by atoms with van der Waals surface area (Å²) in [6.45, 7) is 4.31. The van der Waals surface area contributed by atoms with Gasteiger partial charge >= 0.3 is 0 Å². The molecule has 2 heterocycles. The maximum atomic E-state index is 13.0.